The van der Waals surface area contributed by atoms with Crippen LogP contribution in [0.15, 0.2) is 91.0 Å². The SMILES string of the molecule is CCCCCCCC(CC)[N+](c1ccccc1)(c1ccccc1)c1ccccc1. The topological polar surface area (TPSA) is 0 Å². The van der Waals surface area contributed by atoms with Crippen LogP contribution in [0, 0.1) is 0 Å². The van der Waals surface area contributed by atoms with E-state index in [1.807, 2.05) is 0 Å². The summed E-state index contributed by atoms with van der Waals surface area (Å²) in [6, 6.07) is 33.8. The van der Waals surface area contributed by atoms with E-state index in [1.54, 1.807) is 0 Å². The van der Waals surface area contributed by atoms with Crippen molar-refractivity contribution in [1.82, 2.24) is 4.48 Å². The van der Waals surface area contributed by atoms with Gasteiger partial charge in [0.05, 0.1) is 0 Å². The van der Waals surface area contributed by atoms with Crippen molar-refractivity contribution in [3.8, 4) is 0 Å². The van der Waals surface area contributed by atoms with Gasteiger partial charge in [0.15, 0.2) is 0 Å². The lowest BCUT2D eigenvalue weighted by Crippen LogP contribution is -2.48. The van der Waals surface area contributed by atoms with E-state index in [4.69, 9.17) is 0 Å². The Morgan fingerprint density at radius 3 is 1.34 bits per heavy atom. The van der Waals surface area contributed by atoms with Crippen molar-refractivity contribution in [2.24, 2.45) is 0 Å². The lowest BCUT2D eigenvalue weighted by atomic mass is 9.96. The molecule has 1 nitrogen and oxygen atoms in total. The summed E-state index contributed by atoms with van der Waals surface area (Å²) in [6.45, 7) is 4.65. The van der Waals surface area contributed by atoms with E-state index < -0.39 is 0 Å². The molecule has 0 radical (unpaired) electrons. The van der Waals surface area contributed by atoms with E-state index >= 15 is 0 Å². The molecule has 0 saturated heterocycles. The lowest BCUT2D eigenvalue weighted by molar-refractivity contribution is 0.337. The van der Waals surface area contributed by atoms with Crippen molar-refractivity contribution < 1.29 is 0 Å². The maximum Gasteiger partial charge on any atom is 0.143 e. The Balaban J connectivity index is 2.11. The highest BCUT2D eigenvalue weighted by Crippen LogP contribution is 2.47. The van der Waals surface area contributed by atoms with Gasteiger partial charge in [0.2, 0.25) is 0 Å². The van der Waals surface area contributed by atoms with Crippen LogP contribution in [0.1, 0.15) is 58.8 Å². The average Bonchev–Trinajstić information content (AvgIpc) is 2.80. The van der Waals surface area contributed by atoms with Crippen LogP contribution >= 0.6 is 0 Å². The minimum Gasteiger partial charge on any atom is -0.224 e. The molecule has 3 aromatic rings. The number of unbranched alkanes of at least 4 members (excludes halogenated alkanes) is 4. The van der Waals surface area contributed by atoms with E-state index in [2.05, 4.69) is 105 Å². The smallest absolute Gasteiger partial charge is 0.143 e. The van der Waals surface area contributed by atoms with Crippen LogP contribution in [0.5, 0.6) is 0 Å². The van der Waals surface area contributed by atoms with Crippen LogP contribution in [0.3, 0.4) is 0 Å². The van der Waals surface area contributed by atoms with E-state index in [1.165, 1.54) is 55.6 Å². The van der Waals surface area contributed by atoms with Gasteiger partial charge in [-0.2, -0.15) is 0 Å². The largest absolute Gasteiger partial charge is 0.224 e. The molecule has 1 heteroatoms. The third-order valence-corrected chi connectivity index (χ3v) is 6.15. The summed E-state index contributed by atoms with van der Waals surface area (Å²) < 4.78 is 0.798. The van der Waals surface area contributed by atoms with Crippen molar-refractivity contribution in [3.63, 3.8) is 0 Å². The van der Waals surface area contributed by atoms with Crippen molar-refractivity contribution in [2.45, 2.75) is 64.8 Å². The zero-order valence-electron chi connectivity index (χ0n) is 18.1. The Bertz CT molecular complexity index is 714. The van der Waals surface area contributed by atoms with E-state index in [-0.39, 0.29) is 0 Å². The Morgan fingerprint density at radius 2 is 0.966 bits per heavy atom. The molecule has 152 valence electrons. The second kappa shape index (κ2) is 11.0. The van der Waals surface area contributed by atoms with Crippen LogP contribution < -0.4 is 4.48 Å². The molecule has 1 atom stereocenters. The standard InChI is InChI=1S/C28H36N/c1-3-5-6-7-11-18-25(4-2)29(26-19-12-8-13-20-26,27-21-14-9-15-22-27)28-23-16-10-17-24-28/h8-10,12-17,19-25H,3-7,11,18H2,1-2H3/q+1. The van der Waals surface area contributed by atoms with E-state index in [0.29, 0.717) is 6.04 Å². The van der Waals surface area contributed by atoms with Crippen molar-refractivity contribution in [1.29, 1.82) is 0 Å². The molecule has 0 aliphatic heterocycles. The Hall–Kier alpha value is -2.38. The van der Waals surface area contributed by atoms with Crippen LogP contribution in [0.25, 0.3) is 0 Å². The summed E-state index contributed by atoms with van der Waals surface area (Å²) in [5, 5.41) is 0. The predicted octanol–water partition coefficient (Wildman–Crippen LogP) is 8.80. The highest BCUT2D eigenvalue weighted by Gasteiger charge is 2.42. The number of rotatable bonds is 11. The van der Waals surface area contributed by atoms with Gasteiger partial charge in [-0.15, -0.1) is 0 Å². The molecular formula is C28H36N+. The molecule has 0 bridgehead atoms. The molecule has 1 unspecified atom stereocenters. The first kappa shape index (κ1) is 21.3. The maximum absolute atomic E-state index is 2.36. The van der Waals surface area contributed by atoms with Gasteiger partial charge in [0.1, 0.15) is 23.1 Å². The maximum atomic E-state index is 2.36. The van der Waals surface area contributed by atoms with Crippen molar-refractivity contribution >= 4 is 17.1 Å². The first-order chi connectivity index (χ1) is 14.3. The van der Waals surface area contributed by atoms with Crippen molar-refractivity contribution in [2.75, 3.05) is 0 Å². The molecule has 0 spiro atoms. The van der Waals surface area contributed by atoms with E-state index in [9.17, 15) is 0 Å². The molecule has 0 fully saturated rings. The third-order valence-electron chi connectivity index (χ3n) is 6.15. The fourth-order valence-corrected chi connectivity index (χ4v) is 4.72. The average molecular weight is 387 g/mol. The number of benzene rings is 3. The normalized spacial score (nSPS) is 12.6. The fraction of sp³-hybridized carbons (Fsp3) is 0.357. The van der Waals surface area contributed by atoms with Crippen molar-refractivity contribution in [3.05, 3.63) is 91.0 Å². The van der Waals surface area contributed by atoms with Gasteiger partial charge in [-0.3, -0.25) is 0 Å². The molecule has 3 aromatic carbocycles. The first-order valence-electron chi connectivity index (χ1n) is 11.4. The molecule has 0 aliphatic carbocycles. The number of para-hydroxylation sites is 3. The molecular weight excluding hydrogens is 350 g/mol. The molecule has 0 aromatic heterocycles. The van der Waals surface area contributed by atoms with Gasteiger partial charge in [-0.1, -0.05) is 94.1 Å². The summed E-state index contributed by atoms with van der Waals surface area (Å²) in [5.41, 5.74) is 4.06. The van der Waals surface area contributed by atoms with Crippen LogP contribution in [-0.4, -0.2) is 6.04 Å². The van der Waals surface area contributed by atoms with Gasteiger partial charge in [0.25, 0.3) is 0 Å². The third kappa shape index (κ3) is 4.79. The predicted molar refractivity (Wildman–Crippen MR) is 128 cm³/mol. The molecule has 0 heterocycles. The molecule has 0 saturated carbocycles. The zero-order valence-corrected chi connectivity index (χ0v) is 18.1. The summed E-state index contributed by atoms with van der Waals surface area (Å²) in [4.78, 5) is 0. The zero-order chi connectivity index (χ0) is 20.4. The first-order valence-corrected chi connectivity index (χ1v) is 11.4. The number of hydrogen-bond acceptors (Lipinski definition) is 0. The quantitative estimate of drug-likeness (QED) is 0.228. The van der Waals surface area contributed by atoms with Gasteiger partial charge in [-0.05, 0) is 49.2 Å². The highest BCUT2D eigenvalue weighted by molar-refractivity contribution is 5.71. The Morgan fingerprint density at radius 1 is 0.552 bits per heavy atom. The fourth-order valence-electron chi connectivity index (χ4n) is 4.72. The molecule has 0 amide bonds. The van der Waals surface area contributed by atoms with Crippen LogP contribution in [-0.2, 0) is 0 Å². The van der Waals surface area contributed by atoms with Gasteiger partial charge in [-0.25, -0.2) is 4.48 Å². The second-order valence-electron chi connectivity index (χ2n) is 7.99. The van der Waals surface area contributed by atoms with Crippen LogP contribution in [0.4, 0.5) is 17.1 Å². The highest BCUT2D eigenvalue weighted by atomic mass is 15.4. The monoisotopic (exact) mass is 386 g/mol. The number of quaternary nitrogens is 1. The Kier molecular flexibility index (Phi) is 8.07. The van der Waals surface area contributed by atoms with Gasteiger partial charge >= 0.3 is 0 Å². The lowest BCUT2D eigenvalue weighted by Gasteiger charge is -2.43. The summed E-state index contributed by atoms with van der Waals surface area (Å²) in [6.07, 6.45) is 9.02. The van der Waals surface area contributed by atoms with Gasteiger partial charge in [0, 0.05) is 6.42 Å². The summed E-state index contributed by atoms with van der Waals surface area (Å²) in [5.74, 6) is 0. The molecule has 0 N–H and O–H groups in total. The van der Waals surface area contributed by atoms with E-state index in [0.717, 1.165) is 10.9 Å². The molecule has 3 rings (SSSR count). The minimum atomic E-state index is 0.504. The van der Waals surface area contributed by atoms with Gasteiger partial charge < -0.3 is 0 Å². The Labute approximate surface area is 177 Å². The summed E-state index contributed by atoms with van der Waals surface area (Å²) in [7, 11) is 0. The molecule has 0 aliphatic rings. The number of nitrogens with zero attached hydrogens (tertiary/aromatic N) is 1. The molecule has 29 heavy (non-hydrogen) atoms. The number of hydrogen-bond donors (Lipinski definition) is 0. The summed E-state index contributed by atoms with van der Waals surface area (Å²) >= 11 is 0. The second-order valence-corrected chi connectivity index (χ2v) is 7.99. The van der Waals surface area contributed by atoms with Crippen LogP contribution in [0.2, 0.25) is 0 Å². The minimum absolute atomic E-state index is 0.504.